The lowest BCUT2D eigenvalue weighted by Crippen LogP contribution is -2.38. The van der Waals surface area contributed by atoms with E-state index in [1.165, 1.54) is 0 Å². The minimum absolute atomic E-state index is 0.0414. The minimum atomic E-state index is -0.308. The Labute approximate surface area is 269 Å². The maximum absolute atomic E-state index is 12.1. The van der Waals surface area contributed by atoms with E-state index in [1.54, 1.807) is 6.92 Å². The molecule has 0 aliphatic carbocycles. The molecule has 0 bridgehead atoms. The van der Waals surface area contributed by atoms with E-state index < -0.39 is 0 Å². The summed E-state index contributed by atoms with van der Waals surface area (Å²) in [6.45, 7) is 8.01. The van der Waals surface area contributed by atoms with Crippen molar-refractivity contribution in [3.05, 3.63) is 71.3 Å². The van der Waals surface area contributed by atoms with Crippen molar-refractivity contribution < 1.29 is 28.6 Å². The summed E-state index contributed by atoms with van der Waals surface area (Å²) in [5.41, 5.74) is 8.19. The van der Waals surface area contributed by atoms with Crippen LogP contribution in [0.25, 0.3) is 6.08 Å². The number of primary amides is 1. The lowest BCUT2D eigenvalue weighted by molar-refractivity contribution is -0.143. The Hall–Kier alpha value is -3.65. The molecule has 2 aromatic rings. The molecule has 1 heterocycles. The molecule has 8 nitrogen and oxygen atoms in total. The highest BCUT2D eigenvalue weighted by Gasteiger charge is 2.22. The molecule has 3 rings (SSSR count). The number of nitrogens with two attached hydrogens (primary N) is 1. The normalized spacial score (nSPS) is 14.7. The second kappa shape index (κ2) is 20.4. The quantitative estimate of drug-likeness (QED) is 0.131. The minimum Gasteiger partial charge on any atom is -0.493 e. The first-order chi connectivity index (χ1) is 21.9. The van der Waals surface area contributed by atoms with Crippen LogP contribution in [0.2, 0.25) is 0 Å². The van der Waals surface area contributed by atoms with Gasteiger partial charge in [-0.2, -0.15) is 0 Å². The molecule has 246 valence electrons. The zero-order chi connectivity index (χ0) is 32.3. The van der Waals surface area contributed by atoms with Gasteiger partial charge in [0.15, 0.2) is 0 Å². The van der Waals surface area contributed by atoms with E-state index in [0.717, 1.165) is 94.3 Å². The Balaban J connectivity index is 1.52. The maximum atomic E-state index is 12.1. The highest BCUT2D eigenvalue weighted by Crippen LogP contribution is 2.24. The average molecular weight is 621 g/mol. The zero-order valence-electron chi connectivity index (χ0n) is 27.2. The van der Waals surface area contributed by atoms with E-state index in [2.05, 4.69) is 23.1 Å². The van der Waals surface area contributed by atoms with Gasteiger partial charge in [-0.25, -0.2) is 4.79 Å². The molecule has 1 aliphatic rings. The second-order valence-electron chi connectivity index (χ2n) is 11.8. The van der Waals surface area contributed by atoms with Crippen molar-refractivity contribution in [3.8, 4) is 5.75 Å². The molecule has 0 aromatic heterocycles. The summed E-state index contributed by atoms with van der Waals surface area (Å²) < 4.78 is 16.4. The third-order valence-corrected chi connectivity index (χ3v) is 8.31. The third kappa shape index (κ3) is 13.5. The van der Waals surface area contributed by atoms with Gasteiger partial charge in [0.25, 0.3) is 0 Å². The largest absolute Gasteiger partial charge is 0.493 e. The van der Waals surface area contributed by atoms with Gasteiger partial charge in [-0.3, -0.25) is 9.59 Å². The number of para-hydroxylation sites is 1. The molecule has 1 saturated heterocycles. The number of piperidine rings is 1. The van der Waals surface area contributed by atoms with Crippen molar-refractivity contribution in [2.24, 2.45) is 17.6 Å². The Morgan fingerprint density at radius 1 is 0.911 bits per heavy atom. The van der Waals surface area contributed by atoms with Crippen LogP contribution in [-0.4, -0.2) is 62.2 Å². The molecule has 1 amide bonds. The zero-order valence-corrected chi connectivity index (χ0v) is 27.2. The van der Waals surface area contributed by atoms with Gasteiger partial charge in [0.1, 0.15) is 5.75 Å². The highest BCUT2D eigenvalue weighted by atomic mass is 16.5. The van der Waals surface area contributed by atoms with Crippen LogP contribution in [0.3, 0.4) is 0 Å². The van der Waals surface area contributed by atoms with Crippen molar-refractivity contribution in [3.63, 3.8) is 0 Å². The number of likely N-dealkylation sites (tertiary alicyclic amines) is 1. The van der Waals surface area contributed by atoms with E-state index in [0.29, 0.717) is 31.8 Å². The number of rotatable bonds is 20. The number of hydrogen-bond acceptors (Lipinski definition) is 7. The van der Waals surface area contributed by atoms with E-state index in [1.807, 2.05) is 49.4 Å². The lowest BCUT2D eigenvalue weighted by atomic mass is 9.92. The van der Waals surface area contributed by atoms with Gasteiger partial charge in [-0.1, -0.05) is 48.9 Å². The van der Waals surface area contributed by atoms with Crippen molar-refractivity contribution in [1.29, 1.82) is 0 Å². The topological polar surface area (TPSA) is 108 Å². The lowest BCUT2D eigenvalue weighted by Gasteiger charge is -2.30. The van der Waals surface area contributed by atoms with Crippen molar-refractivity contribution in [1.82, 2.24) is 4.90 Å². The Kier molecular flexibility index (Phi) is 16.2. The summed E-state index contributed by atoms with van der Waals surface area (Å²) in [4.78, 5) is 37.7. The van der Waals surface area contributed by atoms with Crippen LogP contribution in [0.4, 0.5) is 0 Å². The molecular formula is C37H52N2O6. The van der Waals surface area contributed by atoms with Crippen LogP contribution in [0.1, 0.15) is 93.1 Å². The number of unbranched alkanes of at least 4 members (excludes halogenated alkanes) is 3. The van der Waals surface area contributed by atoms with E-state index >= 15 is 0 Å². The molecule has 0 spiro atoms. The molecule has 1 aliphatic heterocycles. The smallest absolute Gasteiger partial charge is 0.338 e. The van der Waals surface area contributed by atoms with Crippen LogP contribution in [0.15, 0.2) is 54.6 Å². The monoisotopic (exact) mass is 620 g/mol. The third-order valence-electron chi connectivity index (χ3n) is 8.31. The SMILES string of the molecule is CCOC(=O)CCCCC(C=Cc1ccccc1OCCCCCN1CCC(C(N)=O)CC1)Cc1ccc(C(=O)OCC)cc1. The highest BCUT2D eigenvalue weighted by molar-refractivity contribution is 5.89. The predicted molar refractivity (Wildman–Crippen MR) is 178 cm³/mol. The van der Waals surface area contributed by atoms with Crippen molar-refractivity contribution >= 4 is 23.9 Å². The molecule has 0 saturated carbocycles. The first-order valence-electron chi connectivity index (χ1n) is 16.7. The number of allylic oxidation sites excluding steroid dienone is 1. The average Bonchev–Trinajstić information content (AvgIpc) is 3.04. The van der Waals surface area contributed by atoms with Crippen LogP contribution in [-0.2, 0) is 25.5 Å². The summed E-state index contributed by atoms with van der Waals surface area (Å²) in [7, 11) is 0. The van der Waals surface area contributed by atoms with Crippen LogP contribution < -0.4 is 10.5 Å². The number of amides is 1. The number of esters is 2. The standard InChI is InChI=1S/C37H52N2O6/c1-3-43-35(40)15-9-6-12-29(28-30-17-20-33(21-18-30)37(42)44-4-2)16-19-31-13-7-8-14-34(31)45-27-11-5-10-24-39-25-22-32(23-26-39)36(38)41/h7-8,13-14,16-21,29,32H,3-6,9-12,15,22-28H2,1-2H3,(H2,38,41). The van der Waals surface area contributed by atoms with E-state index in [4.69, 9.17) is 19.9 Å². The van der Waals surface area contributed by atoms with Gasteiger partial charge in [-0.05, 0) is 115 Å². The number of nitrogens with zero attached hydrogens (tertiary/aromatic N) is 1. The summed E-state index contributed by atoms with van der Waals surface area (Å²) >= 11 is 0. The first-order valence-corrected chi connectivity index (χ1v) is 16.7. The van der Waals surface area contributed by atoms with E-state index in [9.17, 15) is 14.4 Å². The summed E-state index contributed by atoms with van der Waals surface area (Å²) in [6.07, 6.45) is 13.2. The Morgan fingerprint density at radius 3 is 2.36 bits per heavy atom. The Bertz CT molecular complexity index is 1200. The fourth-order valence-electron chi connectivity index (χ4n) is 5.70. The number of carbonyl (C=O) groups is 3. The second-order valence-corrected chi connectivity index (χ2v) is 11.8. The predicted octanol–water partition coefficient (Wildman–Crippen LogP) is 6.61. The molecule has 1 atom stereocenters. The molecule has 2 aromatic carbocycles. The fraction of sp³-hybridized carbons (Fsp3) is 0.541. The maximum Gasteiger partial charge on any atom is 0.338 e. The van der Waals surface area contributed by atoms with Gasteiger partial charge in [0.2, 0.25) is 5.91 Å². The van der Waals surface area contributed by atoms with Crippen LogP contribution in [0, 0.1) is 11.8 Å². The summed E-state index contributed by atoms with van der Waals surface area (Å²) in [5.74, 6) is 0.557. The number of hydrogen-bond donors (Lipinski definition) is 1. The van der Waals surface area contributed by atoms with Crippen molar-refractivity contribution in [2.75, 3.05) is 39.5 Å². The number of ether oxygens (including phenoxy) is 3. The van der Waals surface area contributed by atoms with Crippen molar-refractivity contribution in [2.45, 2.75) is 78.1 Å². The van der Waals surface area contributed by atoms with Gasteiger partial charge >= 0.3 is 11.9 Å². The fourth-order valence-corrected chi connectivity index (χ4v) is 5.70. The molecule has 2 N–H and O–H groups in total. The molecule has 1 fully saturated rings. The molecule has 45 heavy (non-hydrogen) atoms. The van der Waals surface area contributed by atoms with E-state index in [-0.39, 0.29) is 29.7 Å². The van der Waals surface area contributed by atoms with Gasteiger partial charge in [-0.15, -0.1) is 0 Å². The number of benzene rings is 2. The van der Waals surface area contributed by atoms with Gasteiger partial charge < -0.3 is 24.8 Å². The molecule has 1 unspecified atom stereocenters. The first kappa shape index (κ1) is 35.8. The molecular weight excluding hydrogens is 568 g/mol. The summed E-state index contributed by atoms with van der Waals surface area (Å²) in [5, 5.41) is 0. The number of carbonyl (C=O) groups excluding carboxylic acids is 3. The van der Waals surface area contributed by atoms with Crippen LogP contribution >= 0.6 is 0 Å². The van der Waals surface area contributed by atoms with Gasteiger partial charge in [0.05, 0.1) is 25.4 Å². The van der Waals surface area contributed by atoms with Gasteiger partial charge in [0, 0.05) is 17.9 Å². The molecule has 8 heteroatoms. The summed E-state index contributed by atoms with van der Waals surface area (Å²) in [6, 6.07) is 15.8. The Morgan fingerprint density at radius 2 is 1.64 bits per heavy atom. The molecule has 0 radical (unpaired) electrons. The van der Waals surface area contributed by atoms with Crippen LogP contribution in [0.5, 0.6) is 5.75 Å².